The highest BCUT2D eigenvalue weighted by Gasteiger charge is 2.22. The summed E-state index contributed by atoms with van der Waals surface area (Å²) >= 11 is 0. The third kappa shape index (κ3) is 5.15. The lowest BCUT2D eigenvalue weighted by Gasteiger charge is -2.15. The molecule has 0 atom stereocenters. The number of allylic oxidation sites excluding steroid dienone is 2. The minimum absolute atomic E-state index is 0.00110. The summed E-state index contributed by atoms with van der Waals surface area (Å²) in [6, 6.07) is 19.2. The molecule has 0 bridgehead atoms. The quantitative estimate of drug-likeness (QED) is 0.156. The SMILES string of the molecule is O=C1/C(=C/c2ccc(-c3ccc([N+](=O)[O-])cc3)o2)CCC/C1=C\c1ccc(-c2ccc([N+](=O)[O-])cc2)o1. The van der Waals surface area contributed by atoms with E-state index in [1.165, 1.54) is 24.3 Å². The highest BCUT2D eigenvalue weighted by Crippen LogP contribution is 2.32. The van der Waals surface area contributed by atoms with Crippen LogP contribution < -0.4 is 0 Å². The zero-order valence-corrected chi connectivity index (χ0v) is 19.5. The first-order valence-electron chi connectivity index (χ1n) is 11.5. The number of ketones is 1. The lowest BCUT2D eigenvalue weighted by atomic mass is 9.88. The van der Waals surface area contributed by atoms with E-state index in [-0.39, 0.29) is 17.2 Å². The van der Waals surface area contributed by atoms with Crippen molar-refractivity contribution in [3.05, 3.63) is 116 Å². The van der Waals surface area contributed by atoms with E-state index >= 15 is 0 Å². The maximum atomic E-state index is 13.1. The Morgan fingerprint density at radius 3 is 1.41 bits per heavy atom. The molecule has 1 saturated carbocycles. The van der Waals surface area contributed by atoms with Crippen LogP contribution in [0.25, 0.3) is 34.8 Å². The number of nitro groups is 2. The van der Waals surface area contributed by atoms with Gasteiger partial charge in [0, 0.05) is 46.5 Å². The second-order valence-corrected chi connectivity index (χ2v) is 8.53. The Balaban J connectivity index is 1.32. The first kappa shape index (κ1) is 23.7. The van der Waals surface area contributed by atoms with Gasteiger partial charge in [0.05, 0.1) is 9.85 Å². The molecule has 0 unspecified atom stereocenters. The van der Waals surface area contributed by atoms with Crippen LogP contribution in [0.1, 0.15) is 30.8 Å². The van der Waals surface area contributed by atoms with Crippen LogP contribution in [0.15, 0.2) is 92.8 Å². The number of Topliss-reactive ketones (excluding diaryl/α,β-unsaturated/α-hetero) is 1. The number of rotatable bonds is 6. The highest BCUT2D eigenvalue weighted by molar-refractivity contribution is 6.13. The number of carbonyl (C=O) groups is 1. The molecule has 1 aliphatic carbocycles. The average Bonchev–Trinajstić information content (AvgIpc) is 3.56. The lowest BCUT2D eigenvalue weighted by molar-refractivity contribution is -0.385. The van der Waals surface area contributed by atoms with E-state index in [2.05, 4.69) is 0 Å². The van der Waals surface area contributed by atoms with E-state index < -0.39 is 9.85 Å². The zero-order chi connectivity index (χ0) is 25.9. The van der Waals surface area contributed by atoms with Gasteiger partial charge in [0.2, 0.25) is 0 Å². The molecule has 9 heteroatoms. The normalized spacial score (nSPS) is 15.8. The molecule has 184 valence electrons. The van der Waals surface area contributed by atoms with Crippen molar-refractivity contribution in [3.63, 3.8) is 0 Å². The van der Waals surface area contributed by atoms with E-state index in [9.17, 15) is 25.0 Å². The molecule has 5 rings (SSSR count). The van der Waals surface area contributed by atoms with Crippen LogP contribution in [-0.4, -0.2) is 15.6 Å². The Hall–Kier alpha value is -5.05. The van der Waals surface area contributed by atoms with Gasteiger partial charge in [-0.3, -0.25) is 25.0 Å². The summed E-state index contributed by atoms with van der Waals surface area (Å²) in [6.45, 7) is 0. The monoisotopic (exact) mass is 496 g/mol. The van der Waals surface area contributed by atoms with Crippen molar-refractivity contribution in [2.75, 3.05) is 0 Å². The largest absolute Gasteiger partial charge is 0.457 e. The molecule has 4 aromatic rings. The Labute approximate surface area is 210 Å². The number of carbonyl (C=O) groups excluding carboxylic acids is 1. The summed E-state index contributed by atoms with van der Waals surface area (Å²) in [5.74, 6) is 2.07. The fourth-order valence-corrected chi connectivity index (χ4v) is 4.19. The summed E-state index contributed by atoms with van der Waals surface area (Å²) in [5, 5.41) is 21.7. The molecule has 9 nitrogen and oxygen atoms in total. The van der Waals surface area contributed by atoms with Gasteiger partial charge in [0.1, 0.15) is 23.0 Å². The minimum Gasteiger partial charge on any atom is -0.457 e. The summed E-state index contributed by atoms with van der Waals surface area (Å²) in [4.78, 5) is 33.9. The maximum Gasteiger partial charge on any atom is 0.269 e. The smallest absolute Gasteiger partial charge is 0.269 e. The van der Waals surface area contributed by atoms with Gasteiger partial charge < -0.3 is 8.83 Å². The van der Waals surface area contributed by atoms with Crippen molar-refractivity contribution in [3.8, 4) is 22.6 Å². The number of non-ortho nitro benzene ring substituents is 2. The molecular weight excluding hydrogens is 476 g/mol. The molecular formula is C28H20N2O7. The molecule has 1 fully saturated rings. The van der Waals surface area contributed by atoms with Gasteiger partial charge in [0.25, 0.3) is 11.4 Å². The van der Waals surface area contributed by atoms with Crippen molar-refractivity contribution >= 4 is 29.3 Å². The molecule has 0 amide bonds. The second-order valence-electron chi connectivity index (χ2n) is 8.53. The van der Waals surface area contributed by atoms with Gasteiger partial charge in [-0.15, -0.1) is 0 Å². The van der Waals surface area contributed by atoms with Crippen LogP contribution in [-0.2, 0) is 4.79 Å². The molecule has 2 aromatic heterocycles. The summed E-state index contributed by atoms with van der Waals surface area (Å²) in [7, 11) is 0. The molecule has 0 radical (unpaired) electrons. The van der Waals surface area contributed by atoms with Crippen LogP contribution in [0.3, 0.4) is 0 Å². The van der Waals surface area contributed by atoms with E-state index in [0.29, 0.717) is 58.2 Å². The van der Waals surface area contributed by atoms with Crippen LogP contribution in [0, 0.1) is 20.2 Å². The molecule has 0 N–H and O–H groups in total. The summed E-state index contributed by atoms with van der Waals surface area (Å²) in [6.07, 6.45) is 5.50. The molecule has 0 aliphatic heterocycles. The molecule has 0 spiro atoms. The van der Waals surface area contributed by atoms with Gasteiger partial charge in [-0.2, -0.15) is 0 Å². The topological polar surface area (TPSA) is 130 Å². The Morgan fingerprint density at radius 2 is 1.03 bits per heavy atom. The predicted octanol–water partition coefficient (Wildman–Crippen LogP) is 7.24. The summed E-state index contributed by atoms with van der Waals surface area (Å²) < 4.78 is 11.7. The summed E-state index contributed by atoms with van der Waals surface area (Å²) in [5.41, 5.74) is 2.66. The molecule has 1 aliphatic rings. The molecule has 2 heterocycles. The average molecular weight is 496 g/mol. The number of benzene rings is 2. The van der Waals surface area contributed by atoms with Crippen molar-refractivity contribution in [1.82, 2.24) is 0 Å². The van der Waals surface area contributed by atoms with Gasteiger partial charge in [-0.1, -0.05) is 0 Å². The van der Waals surface area contributed by atoms with Crippen molar-refractivity contribution in [2.45, 2.75) is 19.3 Å². The fourth-order valence-electron chi connectivity index (χ4n) is 4.19. The third-order valence-electron chi connectivity index (χ3n) is 6.09. The second kappa shape index (κ2) is 9.90. The van der Waals surface area contributed by atoms with E-state index in [1.807, 2.05) is 0 Å². The number of hydrogen-bond donors (Lipinski definition) is 0. The van der Waals surface area contributed by atoms with Gasteiger partial charge in [-0.05, 0) is 79.9 Å². The fraction of sp³-hybridized carbons (Fsp3) is 0.107. The van der Waals surface area contributed by atoms with Gasteiger partial charge >= 0.3 is 0 Å². The zero-order valence-electron chi connectivity index (χ0n) is 19.5. The van der Waals surface area contributed by atoms with E-state index in [4.69, 9.17) is 8.83 Å². The van der Waals surface area contributed by atoms with E-state index in [0.717, 1.165) is 6.42 Å². The Bertz CT molecular complexity index is 1440. The van der Waals surface area contributed by atoms with Gasteiger partial charge in [-0.25, -0.2) is 0 Å². The van der Waals surface area contributed by atoms with Gasteiger partial charge in [0.15, 0.2) is 5.78 Å². The van der Waals surface area contributed by atoms with Crippen LogP contribution in [0.4, 0.5) is 11.4 Å². The maximum absolute atomic E-state index is 13.1. The van der Waals surface area contributed by atoms with Crippen molar-refractivity contribution in [1.29, 1.82) is 0 Å². The number of hydrogen-bond acceptors (Lipinski definition) is 7. The first-order chi connectivity index (χ1) is 17.9. The minimum atomic E-state index is -0.458. The molecule has 37 heavy (non-hydrogen) atoms. The molecule has 0 saturated heterocycles. The van der Waals surface area contributed by atoms with Crippen LogP contribution in [0.2, 0.25) is 0 Å². The number of nitro benzene ring substituents is 2. The standard InChI is InChI=1S/C28H20N2O7/c31-28-20(16-24-12-14-26(36-24)18-4-8-22(9-5-18)29(32)33)2-1-3-21(28)17-25-13-15-27(37-25)19-6-10-23(11-7-19)30(34)35/h4-17H,1-3H2/b20-16+,21-17+. The van der Waals surface area contributed by atoms with Crippen molar-refractivity contribution in [2.24, 2.45) is 0 Å². The van der Waals surface area contributed by atoms with Crippen molar-refractivity contribution < 1.29 is 23.5 Å². The van der Waals surface area contributed by atoms with E-state index in [1.54, 1.807) is 60.7 Å². The highest BCUT2D eigenvalue weighted by atomic mass is 16.6. The van der Waals surface area contributed by atoms with Crippen LogP contribution >= 0.6 is 0 Å². The Kier molecular flexibility index (Phi) is 6.34. The first-order valence-corrected chi connectivity index (χ1v) is 11.5. The number of nitrogens with zero attached hydrogens (tertiary/aromatic N) is 2. The Morgan fingerprint density at radius 1 is 0.622 bits per heavy atom. The molecule has 2 aromatic carbocycles. The lowest BCUT2D eigenvalue weighted by Crippen LogP contribution is -2.12. The number of furan rings is 2. The predicted molar refractivity (Wildman–Crippen MR) is 136 cm³/mol. The van der Waals surface area contributed by atoms with Crippen LogP contribution in [0.5, 0.6) is 0 Å². The third-order valence-corrected chi connectivity index (χ3v) is 6.09.